The van der Waals surface area contributed by atoms with Crippen LogP contribution in [0.25, 0.3) is 0 Å². The first-order chi connectivity index (χ1) is 12.9. The standard InChI is InChI=1S/C20H25N3O3S/c1-17-7-9-19(10-8-17)27(25,26)23-13-11-22(12-14-23)16-20(24)21-15-18-5-3-2-4-6-18/h2-10H,11-16H2,1H3,(H,21,24)/p+1. The molecule has 0 spiro atoms. The van der Waals surface area contributed by atoms with Crippen LogP contribution < -0.4 is 10.2 Å². The molecule has 6 nitrogen and oxygen atoms in total. The summed E-state index contributed by atoms with van der Waals surface area (Å²) >= 11 is 0. The van der Waals surface area contributed by atoms with Crippen LogP contribution in [0.2, 0.25) is 0 Å². The first-order valence-electron chi connectivity index (χ1n) is 9.16. The van der Waals surface area contributed by atoms with Crippen LogP contribution >= 0.6 is 0 Å². The molecule has 1 saturated heterocycles. The van der Waals surface area contributed by atoms with E-state index in [1.807, 2.05) is 49.4 Å². The number of hydrogen-bond donors (Lipinski definition) is 2. The summed E-state index contributed by atoms with van der Waals surface area (Å²) in [7, 11) is -3.46. The highest BCUT2D eigenvalue weighted by Crippen LogP contribution is 2.16. The molecule has 0 aromatic heterocycles. The Hall–Kier alpha value is -2.22. The summed E-state index contributed by atoms with van der Waals surface area (Å²) in [5.41, 5.74) is 2.10. The van der Waals surface area contributed by atoms with Gasteiger partial charge in [-0.2, -0.15) is 4.31 Å². The van der Waals surface area contributed by atoms with E-state index in [0.717, 1.165) is 16.0 Å². The predicted octanol–water partition coefficient (Wildman–Crippen LogP) is 0.201. The highest BCUT2D eigenvalue weighted by atomic mass is 32.2. The molecular weight excluding hydrogens is 362 g/mol. The van der Waals surface area contributed by atoms with E-state index in [9.17, 15) is 13.2 Å². The zero-order chi connectivity index (χ0) is 19.3. The quantitative estimate of drug-likeness (QED) is 0.743. The number of quaternary nitrogens is 1. The summed E-state index contributed by atoms with van der Waals surface area (Å²) in [4.78, 5) is 13.6. The van der Waals surface area contributed by atoms with E-state index in [4.69, 9.17) is 0 Å². The predicted molar refractivity (Wildman–Crippen MR) is 104 cm³/mol. The van der Waals surface area contributed by atoms with Crippen molar-refractivity contribution in [2.24, 2.45) is 0 Å². The molecule has 1 aliphatic rings. The minimum Gasteiger partial charge on any atom is -0.347 e. The number of aryl methyl sites for hydroxylation is 1. The van der Waals surface area contributed by atoms with E-state index in [1.54, 1.807) is 12.1 Å². The van der Waals surface area contributed by atoms with Gasteiger partial charge in [-0.15, -0.1) is 0 Å². The molecule has 1 aliphatic heterocycles. The molecule has 1 amide bonds. The Balaban J connectivity index is 1.48. The summed E-state index contributed by atoms with van der Waals surface area (Å²) in [6, 6.07) is 16.7. The van der Waals surface area contributed by atoms with Gasteiger partial charge in [-0.25, -0.2) is 8.42 Å². The molecule has 0 unspecified atom stereocenters. The highest BCUT2D eigenvalue weighted by Gasteiger charge is 2.30. The molecule has 3 rings (SSSR count). The lowest BCUT2D eigenvalue weighted by atomic mass is 10.2. The van der Waals surface area contributed by atoms with Crippen molar-refractivity contribution < 1.29 is 18.1 Å². The zero-order valence-corrected chi connectivity index (χ0v) is 16.3. The fourth-order valence-electron chi connectivity index (χ4n) is 3.16. The largest absolute Gasteiger partial charge is 0.347 e. The van der Waals surface area contributed by atoms with E-state index in [-0.39, 0.29) is 5.91 Å². The average Bonchev–Trinajstić information content (AvgIpc) is 2.68. The van der Waals surface area contributed by atoms with Crippen molar-refractivity contribution in [2.45, 2.75) is 18.4 Å². The maximum absolute atomic E-state index is 12.7. The molecule has 27 heavy (non-hydrogen) atoms. The number of carbonyl (C=O) groups excluding carboxylic acids is 1. The minimum atomic E-state index is -3.46. The lowest BCUT2D eigenvalue weighted by molar-refractivity contribution is -0.895. The third-order valence-corrected chi connectivity index (χ3v) is 6.74. The van der Waals surface area contributed by atoms with Gasteiger partial charge >= 0.3 is 0 Å². The average molecular weight is 389 g/mol. The van der Waals surface area contributed by atoms with Crippen LogP contribution in [0.4, 0.5) is 0 Å². The molecule has 0 saturated carbocycles. The van der Waals surface area contributed by atoms with Crippen molar-refractivity contribution in [1.82, 2.24) is 9.62 Å². The second kappa shape index (κ2) is 8.65. The molecule has 0 radical (unpaired) electrons. The van der Waals surface area contributed by atoms with Gasteiger partial charge in [-0.3, -0.25) is 4.79 Å². The molecule has 7 heteroatoms. The van der Waals surface area contributed by atoms with Crippen molar-refractivity contribution in [2.75, 3.05) is 32.7 Å². The van der Waals surface area contributed by atoms with Crippen LogP contribution in [-0.2, 0) is 21.4 Å². The van der Waals surface area contributed by atoms with E-state index in [0.29, 0.717) is 44.2 Å². The number of sulfonamides is 1. The Morgan fingerprint density at radius 3 is 2.30 bits per heavy atom. The first kappa shape index (κ1) is 19.5. The number of piperazine rings is 1. The smallest absolute Gasteiger partial charge is 0.275 e. The van der Waals surface area contributed by atoms with E-state index >= 15 is 0 Å². The van der Waals surface area contributed by atoms with Crippen LogP contribution in [0.3, 0.4) is 0 Å². The van der Waals surface area contributed by atoms with Gasteiger partial charge in [0.1, 0.15) is 0 Å². The number of nitrogens with one attached hydrogen (secondary N) is 2. The molecule has 2 aromatic rings. The van der Waals surface area contributed by atoms with Gasteiger partial charge in [0.25, 0.3) is 5.91 Å². The number of hydrogen-bond acceptors (Lipinski definition) is 3. The zero-order valence-electron chi connectivity index (χ0n) is 15.5. The Labute approximate surface area is 160 Å². The Morgan fingerprint density at radius 2 is 1.67 bits per heavy atom. The SMILES string of the molecule is Cc1ccc(S(=O)(=O)N2CC[NH+](CC(=O)NCc3ccccc3)CC2)cc1. The molecule has 1 fully saturated rings. The van der Waals surface area contributed by atoms with Crippen LogP contribution in [0.1, 0.15) is 11.1 Å². The summed E-state index contributed by atoms with van der Waals surface area (Å²) in [6.45, 7) is 4.93. The minimum absolute atomic E-state index is 0.0105. The van der Waals surface area contributed by atoms with E-state index in [1.165, 1.54) is 4.31 Å². The fourth-order valence-corrected chi connectivity index (χ4v) is 4.61. The van der Waals surface area contributed by atoms with Crippen LogP contribution in [0.5, 0.6) is 0 Å². The van der Waals surface area contributed by atoms with Gasteiger partial charge in [-0.1, -0.05) is 48.0 Å². The number of benzene rings is 2. The molecular formula is C20H26N3O3S+. The molecule has 2 aromatic carbocycles. The van der Waals surface area contributed by atoms with E-state index < -0.39 is 10.0 Å². The maximum atomic E-state index is 12.7. The molecule has 1 heterocycles. The maximum Gasteiger partial charge on any atom is 0.275 e. The molecule has 144 valence electrons. The molecule has 0 aliphatic carbocycles. The van der Waals surface area contributed by atoms with Gasteiger partial charge in [0.05, 0.1) is 31.1 Å². The summed E-state index contributed by atoms with van der Waals surface area (Å²) < 4.78 is 27.0. The number of nitrogens with zero attached hydrogens (tertiary/aromatic N) is 1. The molecule has 0 atom stereocenters. The molecule has 0 bridgehead atoms. The topological polar surface area (TPSA) is 70.9 Å². The van der Waals surface area contributed by atoms with Crippen molar-refractivity contribution in [3.8, 4) is 0 Å². The van der Waals surface area contributed by atoms with Crippen LogP contribution in [-0.4, -0.2) is 51.4 Å². The fraction of sp³-hybridized carbons (Fsp3) is 0.350. The lowest BCUT2D eigenvalue weighted by Gasteiger charge is -2.31. The van der Waals surface area contributed by atoms with Gasteiger partial charge < -0.3 is 10.2 Å². The molecule has 2 N–H and O–H groups in total. The number of carbonyl (C=O) groups is 1. The van der Waals surface area contributed by atoms with Gasteiger partial charge in [-0.05, 0) is 24.6 Å². The van der Waals surface area contributed by atoms with Crippen LogP contribution in [0, 0.1) is 6.92 Å². The summed E-state index contributed by atoms with van der Waals surface area (Å²) in [5.74, 6) is -0.0105. The third kappa shape index (κ3) is 5.15. The highest BCUT2D eigenvalue weighted by molar-refractivity contribution is 7.89. The second-order valence-corrected chi connectivity index (χ2v) is 8.84. The monoisotopic (exact) mass is 388 g/mol. The van der Waals surface area contributed by atoms with Crippen molar-refractivity contribution in [1.29, 1.82) is 0 Å². The summed E-state index contributed by atoms with van der Waals surface area (Å²) in [5, 5.41) is 2.93. The first-order valence-corrected chi connectivity index (χ1v) is 10.6. The Morgan fingerprint density at radius 1 is 1.04 bits per heavy atom. The number of rotatable bonds is 6. The van der Waals surface area contributed by atoms with Gasteiger partial charge in [0.2, 0.25) is 10.0 Å². The number of amides is 1. The summed E-state index contributed by atoms with van der Waals surface area (Å²) in [6.07, 6.45) is 0. The Kier molecular flexibility index (Phi) is 6.26. The van der Waals surface area contributed by atoms with Crippen LogP contribution in [0.15, 0.2) is 59.5 Å². The van der Waals surface area contributed by atoms with Crippen molar-refractivity contribution >= 4 is 15.9 Å². The van der Waals surface area contributed by atoms with Gasteiger partial charge in [0.15, 0.2) is 6.54 Å². The van der Waals surface area contributed by atoms with Crippen molar-refractivity contribution in [3.63, 3.8) is 0 Å². The second-order valence-electron chi connectivity index (χ2n) is 6.91. The van der Waals surface area contributed by atoms with E-state index in [2.05, 4.69) is 5.32 Å². The van der Waals surface area contributed by atoms with Crippen molar-refractivity contribution in [3.05, 3.63) is 65.7 Å². The van der Waals surface area contributed by atoms with Gasteiger partial charge in [0, 0.05) is 6.54 Å². The lowest BCUT2D eigenvalue weighted by Crippen LogP contribution is -3.15. The normalized spacial score (nSPS) is 16.2. The third-order valence-electron chi connectivity index (χ3n) is 4.83. The Bertz CT molecular complexity index is 859.